The highest BCUT2D eigenvalue weighted by Gasteiger charge is 2.19. The highest BCUT2D eigenvalue weighted by Crippen LogP contribution is 2.46. The zero-order valence-electron chi connectivity index (χ0n) is 26.9. The number of hydrogen-bond donors (Lipinski definition) is 0. The Hall–Kier alpha value is -6.51. The van der Waals surface area contributed by atoms with Gasteiger partial charge in [-0.15, -0.1) is 0 Å². The van der Waals surface area contributed by atoms with E-state index in [9.17, 15) is 0 Å². The molecule has 2 heteroatoms. The molecule has 0 fully saturated rings. The van der Waals surface area contributed by atoms with Gasteiger partial charge in [0.15, 0.2) is 0 Å². The van der Waals surface area contributed by atoms with E-state index in [1.807, 2.05) is 6.07 Å². The smallest absolute Gasteiger partial charge is 0.138 e. The molecule has 0 N–H and O–H groups in total. The van der Waals surface area contributed by atoms with Gasteiger partial charge in [0.2, 0.25) is 0 Å². The monoisotopic (exact) mass is 624 g/mol. The van der Waals surface area contributed by atoms with E-state index in [0.29, 0.717) is 0 Å². The van der Waals surface area contributed by atoms with E-state index < -0.39 is 0 Å². The Morgan fingerprint density at radius 2 is 0.837 bits per heavy atom. The summed E-state index contributed by atoms with van der Waals surface area (Å²) in [6.07, 6.45) is 0. The molecular weight excluding hydrogens is 593 g/mol. The molecular formula is C47H32N2. The summed E-state index contributed by atoms with van der Waals surface area (Å²) >= 11 is 0. The van der Waals surface area contributed by atoms with Gasteiger partial charge in [-0.25, -0.2) is 4.98 Å². The third-order valence-electron chi connectivity index (χ3n) is 9.45. The van der Waals surface area contributed by atoms with Crippen molar-refractivity contribution in [3.8, 4) is 33.5 Å². The summed E-state index contributed by atoms with van der Waals surface area (Å²) in [6.45, 7) is 0. The summed E-state index contributed by atoms with van der Waals surface area (Å²) in [7, 11) is 0. The molecule has 1 heterocycles. The summed E-state index contributed by atoms with van der Waals surface area (Å²) < 4.78 is 0. The van der Waals surface area contributed by atoms with Crippen LogP contribution in [0.4, 0.5) is 17.2 Å². The molecule has 0 saturated heterocycles. The first kappa shape index (κ1) is 28.7. The predicted molar refractivity (Wildman–Crippen MR) is 208 cm³/mol. The van der Waals surface area contributed by atoms with E-state index in [2.05, 4.69) is 193 Å². The molecule has 1 aromatic heterocycles. The third-order valence-corrected chi connectivity index (χ3v) is 9.45. The standard InChI is InChI=1S/C47H32N2/c1-3-16-34(17-4-1)44-27-14-28-45(48-44)49(36-19-5-2-6-20-36)37-31-29-35(30-32-37)46-40-22-9-11-24-42(40)47(43-25-12-10-23-41(43)46)39-26-13-18-33-15-7-8-21-38(33)39/h1-32H. The second kappa shape index (κ2) is 12.3. The highest BCUT2D eigenvalue weighted by atomic mass is 15.2. The number of hydrogen-bond acceptors (Lipinski definition) is 2. The number of fused-ring (bicyclic) bond motifs is 3. The zero-order chi connectivity index (χ0) is 32.6. The lowest BCUT2D eigenvalue weighted by atomic mass is 9.85. The van der Waals surface area contributed by atoms with Crippen LogP contribution >= 0.6 is 0 Å². The largest absolute Gasteiger partial charge is 0.295 e. The van der Waals surface area contributed by atoms with E-state index in [1.54, 1.807) is 0 Å². The van der Waals surface area contributed by atoms with Gasteiger partial charge in [-0.1, -0.05) is 158 Å². The number of anilines is 3. The summed E-state index contributed by atoms with van der Waals surface area (Å²) in [5.74, 6) is 0.871. The minimum absolute atomic E-state index is 0.871. The lowest BCUT2D eigenvalue weighted by Crippen LogP contribution is -2.11. The summed E-state index contributed by atoms with van der Waals surface area (Å²) in [4.78, 5) is 7.38. The molecule has 9 aromatic rings. The van der Waals surface area contributed by atoms with Gasteiger partial charge in [0, 0.05) is 16.9 Å². The number of aromatic nitrogens is 1. The van der Waals surface area contributed by atoms with Gasteiger partial charge in [0.1, 0.15) is 5.82 Å². The van der Waals surface area contributed by atoms with Crippen LogP contribution < -0.4 is 4.90 Å². The van der Waals surface area contributed by atoms with Gasteiger partial charge in [-0.05, 0) is 91.0 Å². The Bertz CT molecular complexity index is 2530. The van der Waals surface area contributed by atoms with Gasteiger partial charge in [-0.2, -0.15) is 0 Å². The Kier molecular flexibility index (Phi) is 7.18. The Labute approximate surface area is 286 Å². The fourth-order valence-electron chi connectivity index (χ4n) is 7.26. The van der Waals surface area contributed by atoms with Gasteiger partial charge in [0.25, 0.3) is 0 Å². The first-order valence-electron chi connectivity index (χ1n) is 16.7. The predicted octanol–water partition coefficient (Wildman–Crippen LogP) is 13.0. The van der Waals surface area contributed by atoms with E-state index >= 15 is 0 Å². The lowest BCUT2D eigenvalue weighted by molar-refractivity contribution is 1.18. The number of rotatable bonds is 6. The van der Waals surface area contributed by atoms with Crippen molar-refractivity contribution in [2.24, 2.45) is 0 Å². The van der Waals surface area contributed by atoms with Crippen molar-refractivity contribution in [1.82, 2.24) is 4.98 Å². The zero-order valence-corrected chi connectivity index (χ0v) is 26.9. The average Bonchev–Trinajstić information content (AvgIpc) is 3.18. The number of benzene rings is 8. The van der Waals surface area contributed by atoms with Gasteiger partial charge in [0.05, 0.1) is 5.69 Å². The molecule has 0 aliphatic heterocycles. The summed E-state index contributed by atoms with van der Waals surface area (Å²) in [5, 5.41) is 7.51. The van der Waals surface area contributed by atoms with Gasteiger partial charge >= 0.3 is 0 Å². The van der Waals surface area contributed by atoms with E-state index in [0.717, 1.165) is 28.5 Å². The second-order valence-corrected chi connectivity index (χ2v) is 12.3. The third kappa shape index (κ3) is 5.11. The molecule has 0 saturated carbocycles. The minimum atomic E-state index is 0.871. The number of nitrogens with zero attached hydrogens (tertiary/aromatic N) is 2. The van der Waals surface area contributed by atoms with Crippen LogP contribution in [0.25, 0.3) is 65.8 Å². The van der Waals surface area contributed by atoms with Crippen LogP contribution in [-0.4, -0.2) is 4.98 Å². The van der Waals surface area contributed by atoms with Crippen molar-refractivity contribution < 1.29 is 0 Å². The van der Waals surface area contributed by atoms with E-state index in [4.69, 9.17) is 4.98 Å². The Morgan fingerprint density at radius 3 is 1.51 bits per heavy atom. The fourth-order valence-corrected chi connectivity index (χ4v) is 7.26. The maximum absolute atomic E-state index is 5.14. The molecule has 0 atom stereocenters. The van der Waals surface area contributed by atoms with Gasteiger partial charge in [-0.3, -0.25) is 4.90 Å². The Morgan fingerprint density at radius 1 is 0.327 bits per heavy atom. The van der Waals surface area contributed by atoms with Crippen molar-refractivity contribution in [1.29, 1.82) is 0 Å². The van der Waals surface area contributed by atoms with Crippen LogP contribution in [-0.2, 0) is 0 Å². The normalized spacial score (nSPS) is 11.3. The topological polar surface area (TPSA) is 16.1 Å². The molecule has 49 heavy (non-hydrogen) atoms. The molecule has 0 aliphatic carbocycles. The SMILES string of the molecule is c1ccc(-c2cccc(N(c3ccccc3)c3ccc(-c4c5ccccc5c(-c5cccc6ccccc56)c5ccccc45)cc3)n2)cc1. The average molecular weight is 625 g/mol. The van der Waals surface area contributed by atoms with E-state index in [-0.39, 0.29) is 0 Å². The summed E-state index contributed by atoms with van der Waals surface area (Å²) in [5.41, 5.74) is 9.12. The minimum Gasteiger partial charge on any atom is -0.295 e. The van der Waals surface area contributed by atoms with Crippen LogP contribution in [0.1, 0.15) is 0 Å². The van der Waals surface area contributed by atoms with Crippen LogP contribution in [0.3, 0.4) is 0 Å². The van der Waals surface area contributed by atoms with Gasteiger partial charge < -0.3 is 0 Å². The molecule has 0 amide bonds. The molecule has 0 aliphatic rings. The lowest BCUT2D eigenvalue weighted by Gasteiger charge is -2.25. The van der Waals surface area contributed by atoms with E-state index in [1.165, 1.54) is 54.6 Å². The molecule has 0 spiro atoms. The molecule has 0 radical (unpaired) electrons. The Balaban J connectivity index is 1.22. The second-order valence-electron chi connectivity index (χ2n) is 12.3. The molecule has 0 unspecified atom stereocenters. The quantitative estimate of drug-likeness (QED) is 0.171. The first-order chi connectivity index (χ1) is 24.3. The van der Waals surface area contributed by atoms with Crippen molar-refractivity contribution in [3.05, 3.63) is 194 Å². The molecule has 9 rings (SSSR count). The van der Waals surface area contributed by atoms with Crippen molar-refractivity contribution in [2.45, 2.75) is 0 Å². The van der Waals surface area contributed by atoms with Crippen LogP contribution in [0.2, 0.25) is 0 Å². The van der Waals surface area contributed by atoms with Crippen molar-refractivity contribution >= 4 is 49.5 Å². The van der Waals surface area contributed by atoms with Crippen LogP contribution in [0, 0.1) is 0 Å². The maximum atomic E-state index is 5.14. The first-order valence-corrected chi connectivity index (χ1v) is 16.7. The summed E-state index contributed by atoms with van der Waals surface area (Å²) in [6, 6.07) is 69.1. The highest BCUT2D eigenvalue weighted by molar-refractivity contribution is 6.23. The molecule has 230 valence electrons. The van der Waals surface area contributed by atoms with Crippen LogP contribution in [0.5, 0.6) is 0 Å². The van der Waals surface area contributed by atoms with Crippen molar-refractivity contribution in [2.75, 3.05) is 4.90 Å². The molecule has 8 aromatic carbocycles. The molecule has 0 bridgehead atoms. The van der Waals surface area contributed by atoms with Crippen molar-refractivity contribution in [3.63, 3.8) is 0 Å². The van der Waals surface area contributed by atoms with Crippen LogP contribution in [0.15, 0.2) is 194 Å². The maximum Gasteiger partial charge on any atom is 0.138 e. The molecule has 2 nitrogen and oxygen atoms in total. The fraction of sp³-hybridized carbons (Fsp3) is 0. The number of para-hydroxylation sites is 1. The number of pyridine rings is 1.